The lowest BCUT2D eigenvalue weighted by molar-refractivity contribution is -0.137. The molecule has 5 nitrogen and oxygen atoms in total. The fraction of sp³-hybridized carbons (Fsp3) is 0.136. The maximum atomic E-state index is 12.9. The minimum atomic E-state index is -4.44. The third-order valence-corrected chi connectivity index (χ3v) is 6.30. The van der Waals surface area contributed by atoms with Gasteiger partial charge in [-0.15, -0.1) is 5.10 Å². The summed E-state index contributed by atoms with van der Waals surface area (Å²) >= 11 is 13.4. The summed E-state index contributed by atoms with van der Waals surface area (Å²) in [5.74, 6) is 0.329. The Labute approximate surface area is 200 Å². The lowest BCUT2D eigenvalue weighted by atomic mass is 10.1. The van der Waals surface area contributed by atoms with Gasteiger partial charge in [0.2, 0.25) is 5.91 Å². The van der Waals surface area contributed by atoms with Crippen molar-refractivity contribution in [3.63, 3.8) is 0 Å². The fourth-order valence-electron chi connectivity index (χ4n) is 3.05. The molecule has 0 saturated carbocycles. The van der Waals surface area contributed by atoms with Crippen LogP contribution in [0, 0.1) is 0 Å². The number of hydrogen-bond acceptors (Lipinski definition) is 5. The van der Waals surface area contributed by atoms with Crippen molar-refractivity contribution in [2.45, 2.75) is 17.8 Å². The molecule has 170 valence electrons. The van der Waals surface area contributed by atoms with Crippen molar-refractivity contribution in [2.75, 3.05) is 0 Å². The van der Waals surface area contributed by atoms with E-state index < -0.39 is 17.0 Å². The van der Waals surface area contributed by atoms with Gasteiger partial charge in [-0.3, -0.25) is 4.79 Å². The van der Waals surface area contributed by atoms with Crippen molar-refractivity contribution in [2.24, 2.45) is 10.2 Å². The van der Waals surface area contributed by atoms with Crippen LogP contribution in [0.15, 0.2) is 69.2 Å². The number of hydrogen-bond donors (Lipinski definition) is 1. The van der Waals surface area contributed by atoms with E-state index in [0.29, 0.717) is 27.4 Å². The number of carbonyl (C=O) groups excluding carboxylic acids is 1. The minimum absolute atomic E-state index is 0.227. The van der Waals surface area contributed by atoms with Gasteiger partial charge in [-0.2, -0.15) is 18.3 Å². The molecule has 33 heavy (non-hydrogen) atoms. The number of amides is 1. The van der Waals surface area contributed by atoms with Crippen LogP contribution in [0.1, 0.15) is 16.9 Å². The molecule has 1 saturated heterocycles. The summed E-state index contributed by atoms with van der Waals surface area (Å²) in [5.41, 5.74) is 0.275. The summed E-state index contributed by atoms with van der Waals surface area (Å²) in [7, 11) is 0. The van der Waals surface area contributed by atoms with E-state index in [-0.39, 0.29) is 17.2 Å². The van der Waals surface area contributed by atoms with Gasteiger partial charge in [0.15, 0.2) is 5.17 Å². The van der Waals surface area contributed by atoms with Gasteiger partial charge in [-0.25, -0.2) is 0 Å². The van der Waals surface area contributed by atoms with Crippen molar-refractivity contribution < 1.29 is 22.4 Å². The number of halogens is 5. The Hall–Kier alpha value is -2.75. The predicted molar refractivity (Wildman–Crippen MR) is 124 cm³/mol. The first-order chi connectivity index (χ1) is 15.7. The number of rotatable bonds is 5. The lowest BCUT2D eigenvalue weighted by Crippen LogP contribution is -2.26. The van der Waals surface area contributed by atoms with Gasteiger partial charge >= 0.3 is 6.18 Å². The van der Waals surface area contributed by atoms with E-state index in [1.54, 1.807) is 30.3 Å². The maximum Gasteiger partial charge on any atom is 0.416 e. The highest BCUT2D eigenvalue weighted by Crippen LogP contribution is 2.32. The second-order valence-electron chi connectivity index (χ2n) is 6.97. The lowest BCUT2D eigenvalue weighted by Gasteiger charge is -2.07. The van der Waals surface area contributed by atoms with Crippen molar-refractivity contribution in [3.8, 4) is 11.3 Å². The molecular weight excluding hydrogens is 498 g/mol. The third-order valence-electron chi connectivity index (χ3n) is 4.62. The van der Waals surface area contributed by atoms with Gasteiger partial charge < -0.3 is 9.73 Å². The third kappa shape index (κ3) is 5.79. The highest BCUT2D eigenvalue weighted by molar-refractivity contribution is 8.15. The van der Waals surface area contributed by atoms with E-state index in [2.05, 4.69) is 15.5 Å². The highest BCUT2D eigenvalue weighted by Gasteiger charge is 2.31. The SMILES string of the molecule is O=C1N/C(=N\N=C\c2ccc(-c3cccc(C(F)(F)F)c3)o2)SC1Cc1cc(Cl)ccc1Cl. The first kappa shape index (κ1) is 23.4. The molecule has 1 N–H and O–H groups in total. The van der Waals surface area contributed by atoms with E-state index in [4.69, 9.17) is 27.6 Å². The smallest absolute Gasteiger partial charge is 0.416 e. The van der Waals surface area contributed by atoms with Crippen LogP contribution >= 0.6 is 35.0 Å². The van der Waals surface area contributed by atoms with Crippen LogP contribution in [0.5, 0.6) is 0 Å². The number of nitrogens with zero attached hydrogens (tertiary/aromatic N) is 2. The van der Waals surface area contributed by atoms with Crippen LogP contribution < -0.4 is 5.32 Å². The minimum Gasteiger partial charge on any atom is -0.455 e. The number of alkyl halides is 3. The van der Waals surface area contributed by atoms with Gasteiger partial charge in [0.25, 0.3) is 0 Å². The molecule has 4 rings (SSSR count). The predicted octanol–water partition coefficient (Wildman–Crippen LogP) is 6.44. The zero-order valence-corrected chi connectivity index (χ0v) is 18.9. The van der Waals surface area contributed by atoms with E-state index in [1.165, 1.54) is 30.1 Å². The fourth-order valence-corrected chi connectivity index (χ4v) is 4.39. The molecule has 1 unspecified atom stereocenters. The van der Waals surface area contributed by atoms with Gasteiger partial charge in [0.05, 0.1) is 17.0 Å². The van der Waals surface area contributed by atoms with E-state index in [9.17, 15) is 18.0 Å². The maximum absolute atomic E-state index is 12.9. The molecule has 0 aliphatic carbocycles. The molecule has 11 heteroatoms. The average Bonchev–Trinajstić information content (AvgIpc) is 3.37. The number of benzene rings is 2. The first-order valence-corrected chi connectivity index (χ1v) is 11.1. The second-order valence-corrected chi connectivity index (χ2v) is 9.00. The van der Waals surface area contributed by atoms with Crippen LogP contribution in [-0.4, -0.2) is 22.5 Å². The molecule has 1 amide bonds. The van der Waals surface area contributed by atoms with E-state index in [1.807, 2.05) is 0 Å². The quantitative estimate of drug-likeness (QED) is 0.316. The molecule has 0 bridgehead atoms. The number of amidine groups is 1. The normalized spacial score (nSPS) is 17.8. The zero-order chi connectivity index (χ0) is 23.6. The van der Waals surface area contributed by atoms with Gasteiger partial charge in [-0.1, -0.05) is 47.1 Å². The molecule has 1 aromatic heterocycles. The molecule has 3 aromatic rings. The van der Waals surface area contributed by atoms with Gasteiger partial charge in [-0.05, 0) is 54.4 Å². The average molecular weight is 512 g/mol. The Morgan fingerprint density at radius 1 is 1.12 bits per heavy atom. The molecule has 2 aromatic carbocycles. The Morgan fingerprint density at radius 3 is 2.73 bits per heavy atom. The Kier molecular flexibility index (Phi) is 6.83. The van der Waals surface area contributed by atoms with Crippen LogP contribution in [0.2, 0.25) is 10.0 Å². The summed E-state index contributed by atoms with van der Waals surface area (Å²) in [6, 6.07) is 13.0. The van der Waals surface area contributed by atoms with Crippen molar-refractivity contribution in [1.82, 2.24) is 5.32 Å². The summed E-state index contributed by atoms with van der Waals surface area (Å²) in [6.07, 6.45) is -2.77. The zero-order valence-electron chi connectivity index (χ0n) is 16.6. The standard InChI is InChI=1S/C22H14Cl2F3N3O2S/c23-15-4-6-17(24)13(9-15)10-19-20(31)29-21(33-19)30-28-11-16-5-7-18(32-16)12-2-1-3-14(8-12)22(25,26)27/h1-9,11,19H,10H2,(H,29,30,31)/b28-11+. The van der Waals surface area contributed by atoms with Crippen molar-refractivity contribution in [3.05, 3.63) is 81.5 Å². The molecule has 0 radical (unpaired) electrons. The molecule has 2 heterocycles. The summed E-state index contributed by atoms with van der Waals surface area (Å²) in [6.45, 7) is 0. The summed E-state index contributed by atoms with van der Waals surface area (Å²) < 4.78 is 44.3. The topological polar surface area (TPSA) is 67.0 Å². The molecular formula is C22H14Cl2F3N3O2S. The number of furan rings is 1. The van der Waals surface area contributed by atoms with Crippen molar-refractivity contribution >= 4 is 52.3 Å². The largest absolute Gasteiger partial charge is 0.455 e. The molecule has 1 aliphatic rings. The van der Waals surface area contributed by atoms with Crippen LogP contribution in [0.25, 0.3) is 11.3 Å². The van der Waals surface area contributed by atoms with E-state index >= 15 is 0 Å². The first-order valence-electron chi connectivity index (χ1n) is 9.49. The molecule has 1 atom stereocenters. The highest BCUT2D eigenvalue weighted by atomic mass is 35.5. The van der Waals surface area contributed by atoms with E-state index in [0.717, 1.165) is 17.7 Å². The Bertz CT molecular complexity index is 1260. The summed E-state index contributed by atoms with van der Waals surface area (Å²) in [5, 5.41) is 11.4. The van der Waals surface area contributed by atoms with Crippen molar-refractivity contribution in [1.29, 1.82) is 0 Å². The van der Waals surface area contributed by atoms with Crippen LogP contribution in [-0.2, 0) is 17.4 Å². The molecule has 1 fully saturated rings. The van der Waals surface area contributed by atoms with Gasteiger partial charge in [0.1, 0.15) is 11.5 Å². The molecule has 0 spiro atoms. The second kappa shape index (κ2) is 9.62. The number of nitrogens with one attached hydrogen (secondary N) is 1. The number of thioether (sulfide) groups is 1. The van der Waals surface area contributed by atoms with Crippen LogP contribution in [0.4, 0.5) is 13.2 Å². The number of carbonyl (C=O) groups is 1. The monoisotopic (exact) mass is 511 g/mol. The molecule has 1 aliphatic heterocycles. The Balaban J connectivity index is 1.41. The summed E-state index contributed by atoms with van der Waals surface area (Å²) in [4.78, 5) is 12.2. The van der Waals surface area contributed by atoms with Gasteiger partial charge in [0, 0.05) is 15.6 Å². The Morgan fingerprint density at radius 2 is 1.94 bits per heavy atom. The van der Waals surface area contributed by atoms with Crippen LogP contribution in [0.3, 0.4) is 0 Å².